The fourth-order valence-corrected chi connectivity index (χ4v) is 1.12. The summed E-state index contributed by atoms with van der Waals surface area (Å²) in [6, 6.07) is 4.77. The first-order valence-electron chi connectivity index (χ1n) is 3.87. The number of rotatable bonds is 2. The maximum atomic E-state index is 13.2. The van der Waals surface area contributed by atoms with Gasteiger partial charge in [-0.3, -0.25) is 0 Å². The second-order valence-corrected chi connectivity index (χ2v) is 3.20. The molecule has 0 unspecified atom stereocenters. The van der Waals surface area contributed by atoms with Gasteiger partial charge in [0.05, 0.1) is 11.6 Å². The molecule has 1 nitrogen and oxygen atoms in total. The van der Waals surface area contributed by atoms with Crippen molar-refractivity contribution < 1.29 is 9.50 Å². The molecular weight excluding hydrogens is 191 g/mol. The first-order valence-corrected chi connectivity index (χ1v) is 4.25. The van der Waals surface area contributed by atoms with Crippen LogP contribution in [-0.2, 0) is 0 Å². The van der Waals surface area contributed by atoms with E-state index in [0.29, 0.717) is 11.1 Å². The molecule has 0 saturated heterocycles. The van der Waals surface area contributed by atoms with Gasteiger partial charge in [-0.25, -0.2) is 4.39 Å². The molecule has 0 atom stereocenters. The van der Waals surface area contributed by atoms with E-state index in [4.69, 9.17) is 16.7 Å². The van der Waals surface area contributed by atoms with Crippen molar-refractivity contribution in [2.24, 2.45) is 0 Å². The fourth-order valence-electron chi connectivity index (χ4n) is 0.943. The molecule has 0 radical (unpaired) electrons. The molecule has 1 aromatic carbocycles. The van der Waals surface area contributed by atoms with Gasteiger partial charge in [-0.15, -0.1) is 0 Å². The summed E-state index contributed by atoms with van der Waals surface area (Å²) in [5.74, 6) is -0.447. The van der Waals surface area contributed by atoms with Gasteiger partial charge in [0, 0.05) is 5.56 Å². The molecule has 0 aliphatic carbocycles. The highest BCUT2D eigenvalue weighted by Gasteiger charge is 2.03. The fraction of sp³-hybridized carbons (Fsp3) is 0.200. The highest BCUT2D eigenvalue weighted by molar-refractivity contribution is 6.30. The Kier molecular flexibility index (Phi) is 3.46. The van der Waals surface area contributed by atoms with Crippen molar-refractivity contribution in [2.45, 2.75) is 6.92 Å². The average Bonchev–Trinajstić information content (AvgIpc) is 2.13. The average molecular weight is 201 g/mol. The number of hydrogen-bond acceptors (Lipinski definition) is 1. The standard InChI is InChI=1S/C10H10ClFO/c1-7(6-13)5-8-3-2-4-9(11)10(8)12/h2-5,13H,6H2,1H3/b7-5-. The van der Waals surface area contributed by atoms with Crippen LogP contribution < -0.4 is 0 Å². The predicted octanol–water partition coefficient (Wildman–Crippen LogP) is 2.87. The minimum Gasteiger partial charge on any atom is -0.392 e. The van der Waals surface area contributed by atoms with Gasteiger partial charge in [0.25, 0.3) is 0 Å². The largest absolute Gasteiger partial charge is 0.392 e. The van der Waals surface area contributed by atoms with Crippen molar-refractivity contribution in [3.63, 3.8) is 0 Å². The molecule has 0 heterocycles. The van der Waals surface area contributed by atoms with E-state index >= 15 is 0 Å². The summed E-state index contributed by atoms with van der Waals surface area (Å²) in [5, 5.41) is 8.83. The topological polar surface area (TPSA) is 20.2 Å². The Morgan fingerprint density at radius 3 is 2.92 bits per heavy atom. The molecule has 0 saturated carbocycles. The SMILES string of the molecule is C/C(=C/c1cccc(Cl)c1F)CO. The lowest BCUT2D eigenvalue weighted by Crippen LogP contribution is -1.87. The third-order valence-electron chi connectivity index (χ3n) is 1.63. The molecule has 0 aromatic heterocycles. The quantitative estimate of drug-likeness (QED) is 0.779. The van der Waals surface area contributed by atoms with Gasteiger partial charge in [0.2, 0.25) is 0 Å². The predicted molar refractivity (Wildman–Crippen MR) is 52.1 cm³/mol. The van der Waals surface area contributed by atoms with Crippen LogP contribution in [0.25, 0.3) is 6.08 Å². The normalized spacial score (nSPS) is 11.8. The van der Waals surface area contributed by atoms with Crippen LogP contribution in [0.3, 0.4) is 0 Å². The van der Waals surface area contributed by atoms with Crippen LogP contribution in [0.1, 0.15) is 12.5 Å². The molecule has 13 heavy (non-hydrogen) atoms. The summed E-state index contributed by atoms with van der Waals surface area (Å²) in [5.41, 5.74) is 1.10. The van der Waals surface area contributed by atoms with E-state index in [1.165, 1.54) is 6.07 Å². The number of aliphatic hydroxyl groups excluding tert-OH is 1. The van der Waals surface area contributed by atoms with Crippen molar-refractivity contribution in [1.82, 2.24) is 0 Å². The van der Waals surface area contributed by atoms with Gasteiger partial charge in [0.15, 0.2) is 0 Å². The number of halogens is 2. The summed E-state index contributed by atoms with van der Waals surface area (Å²) < 4.78 is 13.2. The van der Waals surface area contributed by atoms with E-state index in [9.17, 15) is 4.39 Å². The zero-order chi connectivity index (χ0) is 9.84. The van der Waals surface area contributed by atoms with Crippen molar-refractivity contribution in [2.75, 3.05) is 6.61 Å². The number of hydrogen-bond donors (Lipinski definition) is 1. The summed E-state index contributed by atoms with van der Waals surface area (Å²) in [7, 11) is 0. The van der Waals surface area contributed by atoms with Gasteiger partial charge in [-0.1, -0.05) is 29.8 Å². The van der Waals surface area contributed by atoms with Crippen LogP contribution in [0.5, 0.6) is 0 Å². The molecule has 0 aliphatic rings. The minimum atomic E-state index is -0.447. The van der Waals surface area contributed by atoms with Crippen LogP contribution in [0, 0.1) is 5.82 Å². The number of aliphatic hydroxyl groups is 1. The third kappa shape index (κ3) is 2.54. The minimum absolute atomic E-state index is 0.0774. The molecule has 0 amide bonds. The smallest absolute Gasteiger partial charge is 0.148 e. The molecule has 70 valence electrons. The summed E-state index contributed by atoms with van der Waals surface area (Å²) in [6.07, 6.45) is 1.57. The highest BCUT2D eigenvalue weighted by atomic mass is 35.5. The lowest BCUT2D eigenvalue weighted by molar-refractivity contribution is 0.332. The van der Waals surface area contributed by atoms with E-state index in [1.807, 2.05) is 0 Å². The van der Waals surface area contributed by atoms with Crippen LogP contribution >= 0.6 is 11.6 Å². The zero-order valence-corrected chi connectivity index (χ0v) is 7.98. The molecular formula is C10H10ClFO. The van der Waals surface area contributed by atoms with Gasteiger partial charge in [0.1, 0.15) is 5.82 Å². The van der Waals surface area contributed by atoms with Gasteiger partial charge in [-0.2, -0.15) is 0 Å². The Labute approximate surface area is 81.5 Å². The molecule has 1 aromatic rings. The van der Waals surface area contributed by atoms with Gasteiger partial charge in [-0.05, 0) is 18.6 Å². The first-order chi connectivity index (χ1) is 6.15. The monoisotopic (exact) mass is 200 g/mol. The summed E-state index contributed by atoms with van der Waals surface area (Å²) >= 11 is 5.57. The van der Waals surface area contributed by atoms with Crippen LogP contribution in [0.2, 0.25) is 5.02 Å². The Bertz CT molecular complexity index is 334. The van der Waals surface area contributed by atoms with E-state index in [1.54, 1.807) is 25.1 Å². The lowest BCUT2D eigenvalue weighted by Gasteiger charge is -2.00. The Morgan fingerprint density at radius 1 is 1.62 bits per heavy atom. The number of benzene rings is 1. The van der Waals surface area contributed by atoms with Crippen LogP contribution in [-0.4, -0.2) is 11.7 Å². The Morgan fingerprint density at radius 2 is 2.31 bits per heavy atom. The second kappa shape index (κ2) is 4.40. The Balaban J connectivity index is 3.09. The maximum absolute atomic E-state index is 13.2. The molecule has 1 N–H and O–H groups in total. The van der Waals surface area contributed by atoms with E-state index < -0.39 is 5.82 Å². The molecule has 1 rings (SSSR count). The first kappa shape index (κ1) is 10.2. The lowest BCUT2D eigenvalue weighted by atomic mass is 10.1. The molecule has 0 bridgehead atoms. The Hall–Kier alpha value is -0.860. The summed E-state index contributed by atoms with van der Waals surface area (Å²) in [4.78, 5) is 0. The highest BCUT2D eigenvalue weighted by Crippen LogP contribution is 2.19. The molecule has 0 spiro atoms. The van der Waals surface area contributed by atoms with E-state index in [2.05, 4.69) is 0 Å². The van der Waals surface area contributed by atoms with Crippen LogP contribution in [0.15, 0.2) is 23.8 Å². The molecule has 0 aliphatic heterocycles. The van der Waals surface area contributed by atoms with Gasteiger partial charge >= 0.3 is 0 Å². The van der Waals surface area contributed by atoms with Gasteiger partial charge < -0.3 is 5.11 Å². The maximum Gasteiger partial charge on any atom is 0.148 e. The van der Waals surface area contributed by atoms with Crippen molar-refractivity contribution in [3.05, 3.63) is 40.2 Å². The van der Waals surface area contributed by atoms with Crippen molar-refractivity contribution in [1.29, 1.82) is 0 Å². The molecule has 3 heteroatoms. The van der Waals surface area contributed by atoms with E-state index in [0.717, 1.165) is 0 Å². The van der Waals surface area contributed by atoms with Crippen molar-refractivity contribution >= 4 is 17.7 Å². The molecule has 0 fully saturated rings. The third-order valence-corrected chi connectivity index (χ3v) is 1.92. The zero-order valence-electron chi connectivity index (χ0n) is 7.22. The second-order valence-electron chi connectivity index (χ2n) is 2.79. The summed E-state index contributed by atoms with van der Waals surface area (Å²) in [6.45, 7) is 1.65. The van der Waals surface area contributed by atoms with E-state index in [-0.39, 0.29) is 11.6 Å². The van der Waals surface area contributed by atoms with Crippen molar-refractivity contribution in [3.8, 4) is 0 Å². The van der Waals surface area contributed by atoms with Crippen LogP contribution in [0.4, 0.5) is 4.39 Å².